The Morgan fingerprint density at radius 1 is 1.26 bits per heavy atom. The molecular weight excluding hydrogens is 302 g/mol. The smallest absolute Gasteiger partial charge is 0.0600 e. The number of hydrogen-bond acceptors (Lipinski definition) is 3. The predicted octanol–water partition coefficient (Wildman–Crippen LogP) is 3.25. The van der Waals surface area contributed by atoms with Gasteiger partial charge in [-0.3, -0.25) is 4.98 Å². The molecule has 2 rings (SSSR count). The van der Waals surface area contributed by atoms with Gasteiger partial charge in [-0.15, -0.1) is 0 Å². The van der Waals surface area contributed by atoms with Gasteiger partial charge in [-0.25, -0.2) is 0 Å². The SMILES string of the molecule is Cc1cccc(CN(C)c2cc(Br)ccc2CN)n1. The van der Waals surface area contributed by atoms with Crippen molar-refractivity contribution in [2.24, 2.45) is 5.73 Å². The standard InChI is InChI=1S/C15H18BrN3/c1-11-4-3-5-14(18-11)10-19(2)15-8-13(16)7-6-12(15)9-17/h3-8H,9-10,17H2,1-2H3. The first-order chi connectivity index (χ1) is 9.10. The van der Waals surface area contributed by atoms with Gasteiger partial charge in [-0.1, -0.05) is 28.1 Å². The van der Waals surface area contributed by atoms with Gasteiger partial charge in [0.25, 0.3) is 0 Å². The Kier molecular flexibility index (Phi) is 4.56. The van der Waals surface area contributed by atoms with Crippen LogP contribution in [0.2, 0.25) is 0 Å². The van der Waals surface area contributed by atoms with Crippen LogP contribution in [0.1, 0.15) is 17.0 Å². The van der Waals surface area contributed by atoms with Gasteiger partial charge in [0.15, 0.2) is 0 Å². The van der Waals surface area contributed by atoms with Crippen LogP contribution in [0.5, 0.6) is 0 Å². The van der Waals surface area contributed by atoms with Crippen molar-refractivity contribution in [2.45, 2.75) is 20.0 Å². The quantitative estimate of drug-likeness (QED) is 0.940. The molecule has 1 heterocycles. The number of anilines is 1. The molecule has 2 N–H and O–H groups in total. The first kappa shape index (κ1) is 14.0. The molecule has 0 unspecified atom stereocenters. The molecule has 1 aromatic carbocycles. The summed E-state index contributed by atoms with van der Waals surface area (Å²) in [6.45, 7) is 3.31. The Hall–Kier alpha value is -1.39. The lowest BCUT2D eigenvalue weighted by Gasteiger charge is -2.22. The third-order valence-corrected chi connectivity index (χ3v) is 3.52. The fourth-order valence-electron chi connectivity index (χ4n) is 2.08. The molecule has 3 nitrogen and oxygen atoms in total. The maximum atomic E-state index is 5.80. The summed E-state index contributed by atoms with van der Waals surface area (Å²) in [6.07, 6.45) is 0. The molecule has 0 saturated heterocycles. The molecule has 0 saturated carbocycles. The minimum Gasteiger partial charge on any atom is -0.368 e. The molecule has 100 valence electrons. The van der Waals surface area contributed by atoms with Crippen molar-refractivity contribution in [2.75, 3.05) is 11.9 Å². The van der Waals surface area contributed by atoms with Gasteiger partial charge in [0.1, 0.15) is 0 Å². The Bertz CT molecular complexity index is 569. The highest BCUT2D eigenvalue weighted by Gasteiger charge is 2.08. The molecule has 2 aromatic rings. The average molecular weight is 320 g/mol. The molecule has 19 heavy (non-hydrogen) atoms. The predicted molar refractivity (Wildman–Crippen MR) is 83.1 cm³/mol. The van der Waals surface area contributed by atoms with Crippen molar-refractivity contribution < 1.29 is 0 Å². The van der Waals surface area contributed by atoms with E-state index in [2.05, 4.69) is 45.0 Å². The summed E-state index contributed by atoms with van der Waals surface area (Å²) in [7, 11) is 2.06. The lowest BCUT2D eigenvalue weighted by atomic mass is 10.1. The number of hydrogen-bond donors (Lipinski definition) is 1. The van der Waals surface area contributed by atoms with Crippen LogP contribution in [0.4, 0.5) is 5.69 Å². The number of nitrogens with two attached hydrogens (primary N) is 1. The Labute approximate surface area is 122 Å². The highest BCUT2D eigenvalue weighted by molar-refractivity contribution is 9.10. The lowest BCUT2D eigenvalue weighted by molar-refractivity contribution is 0.865. The number of nitrogens with zero attached hydrogens (tertiary/aromatic N) is 2. The summed E-state index contributed by atoms with van der Waals surface area (Å²) in [5.41, 5.74) is 10.2. The molecular formula is C15H18BrN3. The van der Waals surface area contributed by atoms with Crippen LogP contribution in [0.3, 0.4) is 0 Å². The largest absolute Gasteiger partial charge is 0.368 e. The van der Waals surface area contributed by atoms with Gasteiger partial charge in [0.2, 0.25) is 0 Å². The zero-order chi connectivity index (χ0) is 13.8. The molecule has 0 radical (unpaired) electrons. The van der Waals surface area contributed by atoms with E-state index in [9.17, 15) is 0 Å². The Morgan fingerprint density at radius 2 is 2.05 bits per heavy atom. The Morgan fingerprint density at radius 3 is 2.74 bits per heavy atom. The number of aromatic nitrogens is 1. The normalized spacial score (nSPS) is 10.5. The third kappa shape index (κ3) is 3.55. The van der Waals surface area contributed by atoms with E-state index in [1.54, 1.807) is 0 Å². The minimum absolute atomic E-state index is 0.536. The van der Waals surface area contributed by atoms with Gasteiger partial charge in [0, 0.05) is 29.4 Å². The van der Waals surface area contributed by atoms with E-state index in [-0.39, 0.29) is 0 Å². The Balaban J connectivity index is 2.24. The van der Waals surface area contributed by atoms with Crippen molar-refractivity contribution in [3.63, 3.8) is 0 Å². The van der Waals surface area contributed by atoms with Crippen LogP contribution in [0.25, 0.3) is 0 Å². The summed E-state index contributed by atoms with van der Waals surface area (Å²) in [4.78, 5) is 6.71. The molecule has 0 bridgehead atoms. The van der Waals surface area contributed by atoms with Crippen LogP contribution in [0.15, 0.2) is 40.9 Å². The summed E-state index contributed by atoms with van der Waals surface area (Å²) >= 11 is 3.51. The van der Waals surface area contributed by atoms with Gasteiger partial charge < -0.3 is 10.6 Å². The molecule has 0 spiro atoms. The fourth-order valence-corrected chi connectivity index (χ4v) is 2.43. The minimum atomic E-state index is 0.536. The number of benzene rings is 1. The van der Waals surface area contributed by atoms with Crippen LogP contribution in [-0.2, 0) is 13.1 Å². The van der Waals surface area contributed by atoms with Gasteiger partial charge in [0.05, 0.1) is 12.2 Å². The monoisotopic (exact) mass is 319 g/mol. The number of halogens is 1. The van der Waals surface area contributed by atoms with Crippen LogP contribution < -0.4 is 10.6 Å². The van der Waals surface area contributed by atoms with E-state index < -0.39 is 0 Å². The molecule has 0 fully saturated rings. The molecule has 4 heteroatoms. The first-order valence-electron chi connectivity index (χ1n) is 6.22. The van der Waals surface area contributed by atoms with Crippen molar-refractivity contribution in [3.05, 3.63) is 57.8 Å². The van der Waals surface area contributed by atoms with E-state index in [1.165, 1.54) is 0 Å². The van der Waals surface area contributed by atoms with E-state index in [1.807, 2.05) is 31.2 Å². The molecule has 0 amide bonds. The van der Waals surface area contributed by atoms with Gasteiger partial charge >= 0.3 is 0 Å². The second-order valence-electron chi connectivity index (χ2n) is 4.60. The highest BCUT2D eigenvalue weighted by Crippen LogP contribution is 2.25. The van der Waals surface area contributed by atoms with Crippen LogP contribution in [-0.4, -0.2) is 12.0 Å². The summed E-state index contributed by atoms with van der Waals surface area (Å²) in [6, 6.07) is 12.3. The maximum absolute atomic E-state index is 5.80. The maximum Gasteiger partial charge on any atom is 0.0600 e. The van der Waals surface area contributed by atoms with Gasteiger partial charge in [-0.05, 0) is 36.8 Å². The molecule has 0 aliphatic heterocycles. The van der Waals surface area contributed by atoms with Gasteiger partial charge in [-0.2, -0.15) is 0 Å². The zero-order valence-corrected chi connectivity index (χ0v) is 12.8. The number of pyridine rings is 1. The third-order valence-electron chi connectivity index (χ3n) is 3.02. The second kappa shape index (κ2) is 6.17. The second-order valence-corrected chi connectivity index (χ2v) is 5.52. The van der Waals surface area contributed by atoms with Crippen LogP contribution in [0, 0.1) is 6.92 Å². The fraction of sp³-hybridized carbons (Fsp3) is 0.267. The van der Waals surface area contributed by atoms with E-state index in [0.29, 0.717) is 6.54 Å². The summed E-state index contributed by atoms with van der Waals surface area (Å²) in [5.74, 6) is 0. The molecule has 0 aliphatic rings. The molecule has 0 aliphatic carbocycles. The average Bonchev–Trinajstić information content (AvgIpc) is 2.38. The lowest BCUT2D eigenvalue weighted by Crippen LogP contribution is -2.19. The van der Waals surface area contributed by atoms with E-state index in [4.69, 9.17) is 5.73 Å². The molecule has 1 aromatic heterocycles. The van der Waals surface area contributed by atoms with E-state index >= 15 is 0 Å². The number of rotatable bonds is 4. The van der Waals surface area contributed by atoms with Crippen LogP contribution >= 0.6 is 15.9 Å². The number of aryl methyl sites for hydroxylation is 1. The van der Waals surface area contributed by atoms with E-state index in [0.717, 1.165) is 33.7 Å². The van der Waals surface area contributed by atoms with Crippen molar-refractivity contribution in [1.82, 2.24) is 4.98 Å². The first-order valence-corrected chi connectivity index (χ1v) is 7.01. The summed E-state index contributed by atoms with van der Waals surface area (Å²) < 4.78 is 1.06. The van der Waals surface area contributed by atoms with Crippen molar-refractivity contribution >= 4 is 21.6 Å². The molecule has 0 atom stereocenters. The summed E-state index contributed by atoms with van der Waals surface area (Å²) in [5, 5.41) is 0. The van der Waals surface area contributed by atoms with Crippen molar-refractivity contribution in [1.29, 1.82) is 0 Å². The highest BCUT2D eigenvalue weighted by atomic mass is 79.9. The topological polar surface area (TPSA) is 42.1 Å². The zero-order valence-electron chi connectivity index (χ0n) is 11.2. The van der Waals surface area contributed by atoms with Crippen molar-refractivity contribution in [3.8, 4) is 0 Å².